The molecule has 0 fully saturated rings. The second-order valence-electron chi connectivity index (χ2n) is 7.05. The molecule has 0 saturated carbocycles. The van der Waals surface area contributed by atoms with Crippen molar-refractivity contribution in [1.82, 2.24) is 19.7 Å². The van der Waals surface area contributed by atoms with E-state index >= 15 is 0 Å². The Labute approximate surface area is 165 Å². The number of H-pyrrole nitrogens is 2. The first-order valence-corrected chi connectivity index (χ1v) is 9.03. The first-order valence-electron chi connectivity index (χ1n) is 9.03. The van der Waals surface area contributed by atoms with Crippen molar-refractivity contribution in [2.75, 3.05) is 5.32 Å². The Morgan fingerprint density at radius 3 is 2.24 bits per heavy atom. The molecule has 8 nitrogen and oxygen atoms in total. The van der Waals surface area contributed by atoms with Gasteiger partial charge in [0.15, 0.2) is 0 Å². The lowest BCUT2D eigenvalue weighted by Crippen LogP contribution is -2.29. The van der Waals surface area contributed by atoms with Crippen molar-refractivity contribution in [3.8, 4) is 5.69 Å². The van der Waals surface area contributed by atoms with Crippen LogP contribution in [0.1, 0.15) is 27.2 Å². The van der Waals surface area contributed by atoms with E-state index in [1.807, 2.05) is 32.9 Å². The van der Waals surface area contributed by atoms with Crippen molar-refractivity contribution in [3.63, 3.8) is 0 Å². The summed E-state index contributed by atoms with van der Waals surface area (Å²) in [5.41, 5.74) is 3.47. The van der Waals surface area contributed by atoms with Gasteiger partial charge in [-0.25, -0.2) is 4.68 Å². The monoisotopic (exact) mass is 389 g/mol. The van der Waals surface area contributed by atoms with Crippen LogP contribution >= 0.6 is 0 Å². The third kappa shape index (κ3) is 3.60. The predicted octanol–water partition coefficient (Wildman–Crippen LogP) is 2.58. The largest absolute Gasteiger partial charge is 0.316 e. The minimum Gasteiger partial charge on any atom is -0.316 e. The number of aromatic nitrogens is 4. The SMILES string of the molecule is Cc1cc(C)cc(-n2nc(C)cc2NC(=O)c2ccc3[nH]c(=O)c(=O)[nH]c3c2)c1. The van der Waals surface area contributed by atoms with Gasteiger partial charge in [-0.1, -0.05) is 6.07 Å². The van der Waals surface area contributed by atoms with Gasteiger partial charge in [0.1, 0.15) is 5.82 Å². The highest BCUT2D eigenvalue weighted by Crippen LogP contribution is 2.21. The molecule has 3 N–H and O–H groups in total. The maximum absolute atomic E-state index is 12.8. The number of aryl methyl sites for hydroxylation is 3. The standard InChI is InChI=1S/C21H19N5O3/c1-11-6-12(2)8-15(7-11)26-18(9-13(3)25-26)24-19(27)14-4-5-16-17(10-14)23-21(29)20(28)22-16/h4-10H,1-3H3,(H,22,28)(H,23,29)(H,24,27). The molecular formula is C21H19N5O3. The summed E-state index contributed by atoms with van der Waals surface area (Å²) in [4.78, 5) is 40.7. The minimum atomic E-state index is -0.765. The molecule has 0 radical (unpaired) electrons. The van der Waals surface area contributed by atoms with Crippen molar-refractivity contribution < 1.29 is 4.79 Å². The number of anilines is 1. The third-order valence-electron chi connectivity index (χ3n) is 4.51. The summed E-state index contributed by atoms with van der Waals surface area (Å²) < 4.78 is 1.69. The Kier molecular flexibility index (Phi) is 4.38. The number of carbonyl (C=O) groups is 1. The fourth-order valence-electron chi connectivity index (χ4n) is 3.30. The van der Waals surface area contributed by atoms with Crippen LogP contribution in [-0.2, 0) is 0 Å². The van der Waals surface area contributed by atoms with Crippen LogP contribution in [-0.4, -0.2) is 25.7 Å². The summed E-state index contributed by atoms with van der Waals surface area (Å²) in [5.74, 6) is 0.178. The van der Waals surface area contributed by atoms with Gasteiger partial charge in [-0.3, -0.25) is 14.4 Å². The molecule has 0 atom stereocenters. The fourth-order valence-corrected chi connectivity index (χ4v) is 3.30. The molecule has 29 heavy (non-hydrogen) atoms. The van der Waals surface area contributed by atoms with Gasteiger partial charge in [0, 0.05) is 11.6 Å². The van der Waals surface area contributed by atoms with Crippen LogP contribution in [0.25, 0.3) is 16.7 Å². The van der Waals surface area contributed by atoms with Crippen LogP contribution in [0.15, 0.2) is 52.1 Å². The van der Waals surface area contributed by atoms with Crippen molar-refractivity contribution in [2.24, 2.45) is 0 Å². The highest BCUT2D eigenvalue weighted by atomic mass is 16.2. The van der Waals surface area contributed by atoms with E-state index in [-0.39, 0.29) is 5.91 Å². The normalized spacial score (nSPS) is 11.0. The molecule has 0 aliphatic rings. The van der Waals surface area contributed by atoms with E-state index < -0.39 is 11.1 Å². The molecule has 4 aromatic rings. The van der Waals surface area contributed by atoms with Gasteiger partial charge < -0.3 is 15.3 Å². The number of hydrogen-bond donors (Lipinski definition) is 3. The van der Waals surface area contributed by atoms with Gasteiger partial charge in [-0.2, -0.15) is 5.10 Å². The molecule has 1 amide bonds. The molecule has 0 aliphatic carbocycles. The number of fused-ring (bicyclic) bond motifs is 1. The van der Waals surface area contributed by atoms with Crippen molar-refractivity contribution in [2.45, 2.75) is 20.8 Å². The molecule has 0 unspecified atom stereocenters. The van der Waals surface area contributed by atoms with E-state index in [2.05, 4.69) is 26.4 Å². The molecule has 4 rings (SSSR count). The molecule has 0 saturated heterocycles. The zero-order valence-corrected chi connectivity index (χ0v) is 16.2. The molecular weight excluding hydrogens is 370 g/mol. The second kappa shape index (κ2) is 6.90. The summed E-state index contributed by atoms with van der Waals surface area (Å²) in [5, 5.41) is 7.37. The van der Waals surface area contributed by atoms with E-state index in [4.69, 9.17) is 0 Å². The highest BCUT2D eigenvalue weighted by Gasteiger charge is 2.14. The Morgan fingerprint density at radius 1 is 0.897 bits per heavy atom. The van der Waals surface area contributed by atoms with Crippen LogP contribution in [0.4, 0.5) is 5.82 Å². The zero-order chi connectivity index (χ0) is 20.7. The minimum absolute atomic E-state index is 0.339. The van der Waals surface area contributed by atoms with Crippen LogP contribution in [0.2, 0.25) is 0 Å². The summed E-state index contributed by atoms with van der Waals surface area (Å²) in [7, 11) is 0. The topological polar surface area (TPSA) is 113 Å². The summed E-state index contributed by atoms with van der Waals surface area (Å²) in [6.45, 7) is 5.86. The van der Waals surface area contributed by atoms with Gasteiger partial charge >= 0.3 is 11.1 Å². The average Bonchev–Trinajstić information content (AvgIpc) is 3.01. The third-order valence-corrected chi connectivity index (χ3v) is 4.51. The number of amides is 1. The summed E-state index contributed by atoms with van der Waals surface area (Å²) in [6.07, 6.45) is 0. The number of nitrogens with one attached hydrogen (secondary N) is 3. The second-order valence-corrected chi connectivity index (χ2v) is 7.05. The van der Waals surface area contributed by atoms with Crippen LogP contribution in [0, 0.1) is 20.8 Å². The maximum Gasteiger partial charge on any atom is 0.314 e. The predicted molar refractivity (Wildman–Crippen MR) is 111 cm³/mol. The quantitative estimate of drug-likeness (QED) is 0.467. The zero-order valence-electron chi connectivity index (χ0n) is 16.2. The first-order chi connectivity index (χ1) is 13.8. The number of aromatic amines is 2. The van der Waals surface area contributed by atoms with E-state index in [9.17, 15) is 14.4 Å². The smallest absolute Gasteiger partial charge is 0.314 e. The Bertz CT molecular complexity index is 1360. The Hall–Kier alpha value is -3.94. The molecule has 2 aromatic carbocycles. The lowest BCUT2D eigenvalue weighted by Gasteiger charge is -2.11. The van der Waals surface area contributed by atoms with E-state index in [1.54, 1.807) is 22.9 Å². The van der Waals surface area contributed by atoms with Gasteiger partial charge in [-0.05, 0) is 62.2 Å². The number of nitrogens with zero attached hydrogens (tertiary/aromatic N) is 2. The van der Waals surface area contributed by atoms with Gasteiger partial charge in [0.05, 0.1) is 22.4 Å². The summed E-state index contributed by atoms with van der Waals surface area (Å²) in [6, 6.07) is 12.5. The molecule has 2 aromatic heterocycles. The molecule has 0 bridgehead atoms. The lowest BCUT2D eigenvalue weighted by atomic mass is 10.1. The van der Waals surface area contributed by atoms with E-state index in [0.29, 0.717) is 22.4 Å². The van der Waals surface area contributed by atoms with Gasteiger partial charge in [-0.15, -0.1) is 0 Å². The maximum atomic E-state index is 12.8. The Morgan fingerprint density at radius 2 is 1.55 bits per heavy atom. The van der Waals surface area contributed by atoms with Crippen LogP contribution < -0.4 is 16.4 Å². The molecule has 2 heterocycles. The molecule has 8 heteroatoms. The van der Waals surface area contributed by atoms with Gasteiger partial charge in [0.2, 0.25) is 0 Å². The van der Waals surface area contributed by atoms with Crippen molar-refractivity contribution >= 4 is 22.8 Å². The molecule has 146 valence electrons. The van der Waals surface area contributed by atoms with Crippen LogP contribution in [0.5, 0.6) is 0 Å². The number of carbonyl (C=O) groups excluding carboxylic acids is 1. The average molecular weight is 389 g/mol. The highest BCUT2D eigenvalue weighted by molar-refractivity contribution is 6.05. The Balaban J connectivity index is 1.70. The lowest BCUT2D eigenvalue weighted by molar-refractivity contribution is 0.102. The van der Waals surface area contributed by atoms with Gasteiger partial charge in [0.25, 0.3) is 5.91 Å². The van der Waals surface area contributed by atoms with Crippen molar-refractivity contribution in [1.29, 1.82) is 0 Å². The number of benzene rings is 2. The summed E-state index contributed by atoms with van der Waals surface area (Å²) >= 11 is 0. The fraction of sp³-hybridized carbons (Fsp3) is 0.143. The molecule has 0 aliphatic heterocycles. The van der Waals surface area contributed by atoms with E-state index in [0.717, 1.165) is 22.5 Å². The number of hydrogen-bond acceptors (Lipinski definition) is 4. The van der Waals surface area contributed by atoms with E-state index in [1.165, 1.54) is 6.07 Å². The van der Waals surface area contributed by atoms with Crippen LogP contribution in [0.3, 0.4) is 0 Å². The van der Waals surface area contributed by atoms with Crippen molar-refractivity contribution in [3.05, 3.63) is 85.6 Å². The molecule has 0 spiro atoms. The first kappa shape index (κ1) is 18.4. The number of rotatable bonds is 3.